The van der Waals surface area contributed by atoms with Crippen LogP contribution in [0.2, 0.25) is 0 Å². The summed E-state index contributed by atoms with van der Waals surface area (Å²) in [7, 11) is 0. The Kier molecular flexibility index (Phi) is 5.84. The van der Waals surface area contributed by atoms with Gasteiger partial charge in [0.25, 0.3) is 11.8 Å². The van der Waals surface area contributed by atoms with Crippen LogP contribution in [-0.4, -0.2) is 63.5 Å². The number of rotatable bonds is 5. The Balaban J connectivity index is 1.59. The molecule has 32 heavy (non-hydrogen) atoms. The molecule has 1 fully saturated rings. The second-order valence-electron chi connectivity index (χ2n) is 8.31. The molecule has 3 N–H and O–H groups in total. The van der Waals surface area contributed by atoms with Gasteiger partial charge >= 0.3 is 0 Å². The molecule has 1 atom stereocenters. The van der Waals surface area contributed by atoms with Crippen molar-refractivity contribution in [2.75, 3.05) is 36.4 Å². The summed E-state index contributed by atoms with van der Waals surface area (Å²) in [4.78, 5) is 34.2. The lowest BCUT2D eigenvalue weighted by molar-refractivity contribution is 0.100. The molecule has 2 aromatic heterocycles. The zero-order valence-corrected chi connectivity index (χ0v) is 18.9. The molecule has 4 rings (SSSR count). The lowest BCUT2D eigenvalue weighted by Gasteiger charge is -2.41. The number of nitrogens with zero attached hydrogens (tertiary/aromatic N) is 5. The third kappa shape index (κ3) is 4.16. The molecule has 0 bridgehead atoms. The highest BCUT2D eigenvalue weighted by atomic mass is 16.2. The Bertz CT molecular complexity index is 1190. The SMILES string of the molecule is CCN1CCN(c2ccc(NC(=O)c3cc4c(C)nc(C)cn4n3)c(C(N)=O)c2)[C@H](C)C1. The van der Waals surface area contributed by atoms with E-state index in [0.29, 0.717) is 11.7 Å². The number of anilines is 2. The Hall–Kier alpha value is -3.46. The van der Waals surface area contributed by atoms with E-state index >= 15 is 0 Å². The van der Waals surface area contributed by atoms with Gasteiger partial charge < -0.3 is 16.0 Å². The van der Waals surface area contributed by atoms with Crippen LogP contribution >= 0.6 is 0 Å². The Morgan fingerprint density at radius 3 is 2.69 bits per heavy atom. The Labute approximate surface area is 187 Å². The monoisotopic (exact) mass is 435 g/mol. The minimum Gasteiger partial charge on any atom is -0.366 e. The molecule has 0 aliphatic carbocycles. The molecule has 3 aromatic rings. The quantitative estimate of drug-likeness (QED) is 0.636. The molecule has 1 aromatic carbocycles. The average Bonchev–Trinajstić information content (AvgIpc) is 3.18. The predicted octanol–water partition coefficient (Wildman–Crippen LogP) is 2.23. The van der Waals surface area contributed by atoms with Gasteiger partial charge in [-0.05, 0) is 51.6 Å². The maximum Gasteiger partial charge on any atom is 0.276 e. The van der Waals surface area contributed by atoms with E-state index in [4.69, 9.17) is 5.73 Å². The van der Waals surface area contributed by atoms with E-state index in [-0.39, 0.29) is 11.3 Å². The maximum atomic E-state index is 12.9. The van der Waals surface area contributed by atoms with Gasteiger partial charge in [0.15, 0.2) is 5.69 Å². The molecule has 3 heterocycles. The van der Waals surface area contributed by atoms with E-state index in [9.17, 15) is 9.59 Å². The molecule has 1 saturated heterocycles. The van der Waals surface area contributed by atoms with E-state index in [1.807, 2.05) is 19.9 Å². The summed E-state index contributed by atoms with van der Waals surface area (Å²) in [5.74, 6) is -1.00. The van der Waals surface area contributed by atoms with Gasteiger partial charge in [-0.15, -0.1) is 0 Å². The number of carbonyl (C=O) groups excluding carboxylic acids is 2. The van der Waals surface area contributed by atoms with Crippen molar-refractivity contribution in [1.82, 2.24) is 19.5 Å². The third-order valence-corrected chi connectivity index (χ3v) is 6.00. The van der Waals surface area contributed by atoms with E-state index in [1.165, 1.54) is 0 Å². The van der Waals surface area contributed by atoms with Crippen molar-refractivity contribution >= 4 is 28.7 Å². The predicted molar refractivity (Wildman–Crippen MR) is 124 cm³/mol. The molecule has 1 aliphatic rings. The Morgan fingerprint density at radius 1 is 1.22 bits per heavy atom. The lowest BCUT2D eigenvalue weighted by Crippen LogP contribution is -2.51. The fraction of sp³-hybridized carbons (Fsp3) is 0.391. The van der Waals surface area contributed by atoms with E-state index in [2.05, 4.69) is 39.0 Å². The number of aryl methyl sites for hydroxylation is 2. The second kappa shape index (κ2) is 8.58. The van der Waals surface area contributed by atoms with E-state index in [0.717, 1.165) is 48.8 Å². The van der Waals surface area contributed by atoms with E-state index < -0.39 is 11.8 Å². The summed E-state index contributed by atoms with van der Waals surface area (Å²) < 4.78 is 1.64. The Morgan fingerprint density at radius 2 is 2.00 bits per heavy atom. The number of hydrogen-bond donors (Lipinski definition) is 2. The molecule has 9 heteroatoms. The van der Waals surface area contributed by atoms with Gasteiger partial charge in [0, 0.05) is 31.4 Å². The average molecular weight is 436 g/mol. The normalized spacial score (nSPS) is 17.0. The molecular formula is C23H29N7O2. The third-order valence-electron chi connectivity index (χ3n) is 6.00. The number of hydrogen-bond acceptors (Lipinski definition) is 6. The van der Waals surface area contributed by atoms with Crippen LogP contribution in [0, 0.1) is 13.8 Å². The van der Waals surface area contributed by atoms with Crippen LogP contribution < -0.4 is 16.0 Å². The number of likely N-dealkylation sites (N-methyl/N-ethyl adjacent to an activating group) is 1. The highest BCUT2D eigenvalue weighted by molar-refractivity contribution is 6.08. The molecule has 168 valence electrons. The minimum absolute atomic E-state index is 0.240. The number of amides is 2. The van der Waals surface area contributed by atoms with Gasteiger partial charge in [0.05, 0.1) is 34.4 Å². The van der Waals surface area contributed by atoms with Crippen LogP contribution in [0.15, 0.2) is 30.5 Å². The van der Waals surface area contributed by atoms with Crippen molar-refractivity contribution in [2.24, 2.45) is 5.73 Å². The van der Waals surface area contributed by atoms with Gasteiger partial charge in [-0.2, -0.15) is 5.10 Å². The van der Waals surface area contributed by atoms with Gasteiger partial charge in [0.2, 0.25) is 0 Å². The number of fused-ring (bicyclic) bond motifs is 1. The molecule has 1 aliphatic heterocycles. The molecule has 2 amide bonds. The van der Waals surface area contributed by atoms with Gasteiger partial charge in [0.1, 0.15) is 0 Å². The van der Waals surface area contributed by atoms with Crippen molar-refractivity contribution < 1.29 is 9.59 Å². The summed E-state index contributed by atoms with van der Waals surface area (Å²) in [5, 5.41) is 7.15. The van der Waals surface area contributed by atoms with Crippen molar-refractivity contribution in [2.45, 2.75) is 33.7 Å². The number of primary amides is 1. The number of nitrogens with one attached hydrogen (secondary N) is 1. The molecule has 0 spiro atoms. The highest BCUT2D eigenvalue weighted by Crippen LogP contribution is 2.27. The fourth-order valence-corrected chi connectivity index (χ4v) is 4.32. The number of benzene rings is 1. The summed E-state index contributed by atoms with van der Waals surface area (Å²) in [6, 6.07) is 7.41. The topological polar surface area (TPSA) is 109 Å². The molecule has 0 radical (unpaired) electrons. The summed E-state index contributed by atoms with van der Waals surface area (Å²) in [5.41, 5.74) is 9.82. The summed E-state index contributed by atoms with van der Waals surface area (Å²) in [6.07, 6.45) is 1.77. The summed E-state index contributed by atoms with van der Waals surface area (Å²) >= 11 is 0. The lowest BCUT2D eigenvalue weighted by atomic mass is 10.1. The van der Waals surface area contributed by atoms with Crippen LogP contribution in [0.3, 0.4) is 0 Å². The number of nitrogens with two attached hydrogens (primary N) is 1. The van der Waals surface area contributed by atoms with Gasteiger partial charge in [-0.25, -0.2) is 4.52 Å². The number of aromatic nitrogens is 3. The molecule has 0 saturated carbocycles. The first-order valence-electron chi connectivity index (χ1n) is 10.8. The zero-order chi connectivity index (χ0) is 23.0. The van der Waals surface area contributed by atoms with Gasteiger partial charge in [-0.3, -0.25) is 19.5 Å². The first kappa shape index (κ1) is 21.8. The van der Waals surface area contributed by atoms with Crippen LogP contribution in [0.4, 0.5) is 11.4 Å². The van der Waals surface area contributed by atoms with Crippen molar-refractivity contribution in [3.05, 3.63) is 53.1 Å². The first-order chi connectivity index (χ1) is 15.3. The van der Waals surface area contributed by atoms with Crippen molar-refractivity contribution in [1.29, 1.82) is 0 Å². The minimum atomic E-state index is -0.590. The molecule has 9 nitrogen and oxygen atoms in total. The number of piperazine rings is 1. The smallest absolute Gasteiger partial charge is 0.276 e. The van der Waals surface area contributed by atoms with Crippen LogP contribution in [-0.2, 0) is 0 Å². The summed E-state index contributed by atoms with van der Waals surface area (Å²) in [6.45, 7) is 11.9. The molecular weight excluding hydrogens is 406 g/mol. The first-order valence-corrected chi connectivity index (χ1v) is 10.8. The number of carbonyl (C=O) groups is 2. The molecule has 0 unspecified atom stereocenters. The van der Waals surface area contributed by atoms with Crippen molar-refractivity contribution in [3.63, 3.8) is 0 Å². The standard InChI is InChI=1S/C23H29N7O2/c1-5-28-8-9-29(15(3)13-28)17-6-7-19(18(10-17)22(24)31)26-23(32)20-11-21-16(4)25-14(2)12-30(21)27-20/h6-7,10-12,15H,5,8-9,13H2,1-4H3,(H2,24,31)(H,26,32)/t15-/m1/s1. The van der Waals surface area contributed by atoms with Crippen molar-refractivity contribution in [3.8, 4) is 0 Å². The van der Waals surface area contributed by atoms with Crippen LogP contribution in [0.5, 0.6) is 0 Å². The van der Waals surface area contributed by atoms with Crippen LogP contribution in [0.1, 0.15) is 46.1 Å². The van der Waals surface area contributed by atoms with Gasteiger partial charge in [-0.1, -0.05) is 6.92 Å². The highest BCUT2D eigenvalue weighted by Gasteiger charge is 2.24. The second-order valence-corrected chi connectivity index (χ2v) is 8.31. The fourth-order valence-electron chi connectivity index (χ4n) is 4.32. The maximum absolute atomic E-state index is 12.9. The van der Waals surface area contributed by atoms with E-state index in [1.54, 1.807) is 28.9 Å². The zero-order valence-electron chi connectivity index (χ0n) is 18.9. The largest absolute Gasteiger partial charge is 0.366 e. The van der Waals surface area contributed by atoms with Crippen LogP contribution in [0.25, 0.3) is 5.52 Å².